The van der Waals surface area contributed by atoms with E-state index in [4.69, 9.17) is 10.00 Å². The predicted molar refractivity (Wildman–Crippen MR) is 99.5 cm³/mol. The van der Waals surface area contributed by atoms with Crippen LogP contribution in [0.2, 0.25) is 0 Å². The Morgan fingerprint density at radius 3 is 2.73 bits per heavy atom. The molecule has 0 aromatic heterocycles. The molecule has 2 atom stereocenters. The van der Waals surface area contributed by atoms with Gasteiger partial charge in [0.2, 0.25) is 0 Å². The van der Waals surface area contributed by atoms with Crippen LogP contribution in [0.4, 0.5) is 4.79 Å². The van der Waals surface area contributed by atoms with E-state index in [0.717, 1.165) is 5.56 Å². The molecular weight excluding hydrogens is 330 g/mol. The summed E-state index contributed by atoms with van der Waals surface area (Å²) in [6.07, 6.45) is 0.0497. The zero-order chi connectivity index (χ0) is 19.5. The number of hydrogen-bond acceptors (Lipinski definition) is 5. The topological polar surface area (TPSA) is 76.8 Å². The number of carbonyl (C=O) groups excluding carboxylic acids is 1. The van der Waals surface area contributed by atoms with E-state index >= 15 is 0 Å². The van der Waals surface area contributed by atoms with Crippen molar-refractivity contribution in [3.63, 3.8) is 0 Å². The quantitative estimate of drug-likeness (QED) is 0.897. The largest absolute Gasteiger partial charge is 0.444 e. The molecule has 1 amide bonds. The fourth-order valence-corrected chi connectivity index (χ4v) is 3.40. The number of nitriles is 1. The van der Waals surface area contributed by atoms with Crippen LogP contribution in [-0.2, 0) is 10.3 Å². The third kappa shape index (κ3) is 4.75. The Labute approximate surface area is 156 Å². The molecule has 1 aromatic carbocycles. The van der Waals surface area contributed by atoms with E-state index in [1.807, 2.05) is 45.8 Å². The Morgan fingerprint density at radius 1 is 1.46 bits per heavy atom. The van der Waals surface area contributed by atoms with Crippen molar-refractivity contribution in [2.45, 2.75) is 38.4 Å². The van der Waals surface area contributed by atoms with Crippen LogP contribution in [0, 0.1) is 17.2 Å². The highest BCUT2D eigenvalue weighted by Crippen LogP contribution is 2.38. The minimum absolute atomic E-state index is 0.187. The molecule has 6 heteroatoms. The van der Waals surface area contributed by atoms with E-state index < -0.39 is 11.2 Å². The molecule has 0 saturated carbocycles. The molecule has 142 valence electrons. The Bertz CT molecular complexity index is 690. The van der Waals surface area contributed by atoms with Crippen molar-refractivity contribution in [2.75, 3.05) is 33.7 Å². The van der Waals surface area contributed by atoms with Crippen LogP contribution in [0.5, 0.6) is 0 Å². The van der Waals surface area contributed by atoms with Gasteiger partial charge in [0.25, 0.3) is 0 Å². The summed E-state index contributed by atoms with van der Waals surface area (Å²) in [5.41, 5.74) is -0.389. The van der Waals surface area contributed by atoms with Crippen LogP contribution in [0.1, 0.15) is 38.3 Å². The lowest BCUT2D eigenvalue weighted by Crippen LogP contribution is -2.55. The fraction of sp³-hybridized carbons (Fsp3) is 0.600. The number of nitrogens with zero attached hydrogens (tertiary/aromatic N) is 3. The maximum atomic E-state index is 12.5. The van der Waals surface area contributed by atoms with Crippen molar-refractivity contribution in [1.29, 1.82) is 5.26 Å². The Hall–Kier alpha value is -2.10. The molecule has 1 saturated heterocycles. The van der Waals surface area contributed by atoms with E-state index in [9.17, 15) is 9.90 Å². The molecule has 6 nitrogen and oxygen atoms in total. The molecule has 1 aromatic rings. The van der Waals surface area contributed by atoms with Gasteiger partial charge < -0.3 is 19.6 Å². The second kappa shape index (κ2) is 7.65. The minimum atomic E-state index is -1.09. The Balaban J connectivity index is 2.28. The average Bonchev–Trinajstić information content (AvgIpc) is 2.55. The third-order valence-electron chi connectivity index (χ3n) is 4.61. The normalized spacial score (nSPS) is 23.6. The van der Waals surface area contributed by atoms with Crippen molar-refractivity contribution in [1.82, 2.24) is 9.80 Å². The third-order valence-corrected chi connectivity index (χ3v) is 4.61. The van der Waals surface area contributed by atoms with Gasteiger partial charge in [0.05, 0.1) is 17.2 Å². The number of benzene rings is 1. The maximum Gasteiger partial charge on any atom is 0.410 e. The minimum Gasteiger partial charge on any atom is -0.444 e. The first-order valence-electron chi connectivity index (χ1n) is 8.91. The highest BCUT2D eigenvalue weighted by Gasteiger charge is 2.44. The monoisotopic (exact) mass is 359 g/mol. The molecule has 1 heterocycles. The summed E-state index contributed by atoms with van der Waals surface area (Å²) >= 11 is 0. The van der Waals surface area contributed by atoms with Gasteiger partial charge in [0.15, 0.2) is 0 Å². The molecule has 0 unspecified atom stereocenters. The van der Waals surface area contributed by atoms with Gasteiger partial charge in [-0.15, -0.1) is 0 Å². The SMILES string of the molecule is CN(C)C[C@@H]1CN(C(=O)OC(C)(C)C)CC[C@@]1(O)c1cccc(C#N)c1. The van der Waals surface area contributed by atoms with Gasteiger partial charge in [0.1, 0.15) is 5.60 Å². The van der Waals surface area contributed by atoms with E-state index in [-0.39, 0.29) is 12.0 Å². The zero-order valence-corrected chi connectivity index (χ0v) is 16.3. The number of ether oxygens (including phenoxy) is 1. The van der Waals surface area contributed by atoms with Crippen LogP contribution in [0.3, 0.4) is 0 Å². The first kappa shape index (κ1) is 20.2. The summed E-state index contributed by atoms with van der Waals surface area (Å²) in [5.74, 6) is -0.187. The molecule has 26 heavy (non-hydrogen) atoms. The van der Waals surface area contributed by atoms with Crippen LogP contribution < -0.4 is 0 Å². The molecule has 0 bridgehead atoms. The zero-order valence-electron chi connectivity index (χ0n) is 16.3. The Kier molecular flexibility index (Phi) is 5.94. The summed E-state index contributed by atoms with van der Waals surface area (Å²) in [6, 6.07) is 9.24. The smallest absolute Gasteiger partial charge is 0.410 e. The highest BCUT2D eigenvalue weighted by molar-refractivity contribution is 5.68. The summed E-state index contributed by atoms with van der Waals surface area (Å²) in [4.78, 5) is 16.1. The number of amides is 1. The molecule has 1 aliphatic rings. The molecule has 0 spiro atoms. The lowest BCUT2D eigenvalue weighted by Gasteiger charge is -2.46. The summed E-state index contributed by atoms with van der Waals surface area (Å²) in [7, 11) is 3.89. The number of carbonyl (C=O) groups is 1. The van der Waals surface area contributed by atoms with E-state index in [1.54, 1.807) is 23.1 Å². The van der Waals surface area contributed by atoms with Crippen LogP contribution in [0.25, 0.3) is 0 Å². The lowest BCUT2D eigenvalue weighted by molar-refractivity contribution is -0.0854. The van der Waals surface area contributed by atoms with Crippen molar-refractivity contribution in [3.8, 4) is 6.07 Å². The average molecular weight is 359 g/mol. The molecule has 1 aliphatic heterocycles. The molecule has 2 rings (SSSR count). The Morgan fingerprint density at radius 2 is 2.15 bits per heavy atom. The first-order chi connectivity index (χ1) is 12.0. The summed E-state index contributed by atoms with van der Waals surface area (Å²) in [6.45, 7) is 6.96. The standard InChI is InChI=1S/C20H29N3O3/c1-19(2,3)26-18(24)23-10-9-20(25,17(14-23)13-22(4)5)16-8-6-7-15(11-16)12-21/h6-8,11,17,25H,9-10,13-14H2,1-5H3/t17-,20-/m1/s1. The number of piperidine rings is 1. The predicted octanol–water partition coefficient (Wildman–Crippen LogP) is 2.56. The van der Waals surface area contributed by atoms with Gasteiger partial charge in [0, 0.05) is 25.6 Å². The van der Waals surface area contributed by atoms with Crippen LogP contribution in [-0.4, -0.2) is 60.3 Å². The second-order valence-corrected chi connectivity index (χ2v) is 8.25. The maximum absolute atomic E-state index is 12.5. The fourth-order valence-electron chi connectivity index (χ4n) is 3.40. The van der Waals surface area contributed by atoms with Crippen LogP contribution in [0.15, 0.2) is 24.3 Å². The van der Waals surface area contributed by atoms with Gasteiger partial charge in [-0.05, 0) is 59.0 Å². The molecule has 1 N–H and O–H groups in total. The summed E-state index contributed by atoms with van der Waals surface area (Å²) in [5, 5.41) is 20.7. The van der Waals surface area contributed by atoms with Gasteiger partial charge in [-0.25, -0.2) is 4.79 Å². The van der Waals surface area contributed by atoms with E-state index in [0.29, 0.717) is 31.6 Å². The molecule has 0 radical (unpaired) electrons. The van der Waals surface area contributed by atoms with Crippen LogP contribution >= 0.6 is 0 Å². The molecule has 1 fully saturated rings. The number of likely N-dealkylation sites (tertiary alicyclic amines) is 1. The van der Waals surface area contributed by atoms with E-state index in [2.05, 4.69) is 6.07 Å². The van der Waals surface area contributed by atoms with Crippen molar-refractivity contribution < 1.29 is 14.6 Å². The second-order valence-electron chi connectivity index (χ2n) is 8.25. The van der Waals surface area contributed by atoms with Gasteiger partial charge in [-0.1, -0.05) is 12.1 Å². The van der Waals surface area contributed by atoms with Gasteiger partial charge >= 0.3 is 6.09 Å². The molecular formula is C20H29N3O3. The van der Waals surface area contributed by atoms with E-state index in [1.165, 1.54) is 0 Å². The first-order valence-corrected chi connectivity index (χ1v) is 8.91. The number of hydrogen-bond donors (Lipinski definition) is 1. The van der Waals surface area contributed by atoms with Crippen molar-refractivity contribution >= 4 is 6.09 Å². The number of aliphatic hydroxyl groups is 1. The van der Waals surface area contributed by atoms with Gasteiger partial charge in [-0.3, -0.25) is 0 Å². The van der Waals surface area contributed by atoms with Crippen molar-refractivity contribution in [2.24, 2.45) is 5.92 Å². The number of rotatable bonds is 3. The van der Waals surface area contributed by atoms with Crippen molar-refractivity contribution in [3.05, 3.63) is 35.4 Å². The van der Waals surface area contributed by atoms with Gasteiger partial charge in [-0.2, -0.15) is 5.26 Å². The highest BCUT2D eigenvalue weighted by atomic mass is 16.6. The molecule has 0 aliphatic carbocycles. The lowest BCUT2D eigenvalue weighted by atomic mass is 9.75. The summed E-state index contributed by atoms with van der Waals surface area (Å²) < 4.78 is 5.49.